The summed E-state index contributed by atoms with van der Waals surface area (Å²) in [6.45, 7) is 1.95. The molecule has 3 amide bonds. The maximum absolute atomic E-state index is 11.5. The summed E-state index contributed by atoms with van der Waals surface area (Å²) >= 11 is 0. The zero-order valence-electron chi connectivity index (χ0n) is 12.1. The van der Waals surface area contributed by atoms with Crippen molar-refractivity contribution in [3.63, 3.8) is 0 Å². The minimum absolute atomic E-state index is 0.285. The molecule has 2 aromatic heterocycles. The second-order valence-electron chi connectivity index (χ2n) is 4.99. The quantitative estimate of drug-likeness (QED) is 0.668. The summed E-state index contributed by atoms with van der Waals surface area (Å²) in [4.78, 5) is 22.5. The Kier molecular flexibility index (Phi) is 3.74. The Morgan fingerprint density at radius 3 is 3.00 bits per heavy atom. The number of fused-ring (bicyclic) bond motifs is 1. The number of amides is 3. The first-order chi connectivity index (χ1) is 10.7. The van der Waals surface area contributed by atoms with Gasteiger partial charge in [-0.15, -0.1) is 0 Å². The van der Waals surface area contributed by atoms with Crippen LogP contribution >= 0.6 is 0 Å². The van der Waals surface area contributed by atoms with Crippen LogP contribution in [-0.2, 0) is 4.79 Å². The Balaban J connectivity index is 1.76. The number of urea groups is 1. The smallest absolute Gasteiger partial charge is 0.322 e. The third kappa shape index (κ3) is 2.63. The summed E-state index contributed by atoms with van der Waals surface area (Å²) in [5.74, 6) is -0.285. The molecule has 22 heavy (non-hydrogen) atoms. The molecule has 112 valence electrons. The average Bonchev–Trinajstić information content (AvgIpc) is 3.07. The van der Waals surface area contributed by atoms with Gasteiger partial charge in [0.15, 0.2) is 0 Å². The highest BCUT2D eigenvalue weighted by Gasteiger charge is 2.27. The Labute approximate surface area is 127 Å². The van der Waals surface area contributed by atoms with E-state index < -0.39 is 12.1 Å². The van der Waals surface area contributed by atoms with Crippen LogP contribution in [0.5, 0.6) is 0 Å². The van der Waals surface area contributed by atoms with E-state index in [4.69, 9.17) is 0 Å². The van der Waals surface area contributed by atoms with Crippen LogP contribution in [-0.4, -0.2) is 27.6 Å². The molecule has 6 heteroatoms. The summed E-state index contributed by atoms with van der Waals surface area (Å²) in [5.41, 5.74) is 3.07. The van der Waals surface area contributed by atoms with Gasteiger partial charge in [-0.2, -0.15) is 5.10 Å². The number of hydrogen-bond acceptors (Lipinski definition) is 3. The molecular weight excluding hydrogens is 280 g/mol. The van der Waals surface area contributed by atoms with E-state index in [1.807, 2.05) is 60.3 Å². The van der Waals surface area contributed by atoms with Crippen molar-refractivity contribution in [2.45, 2.75) is 19.4 Å². The molecular formula is C16H16N4O2. The second-order valence-corrected chi connectivity index (χ2v) is 4.99. The molecule has 2 N–H and O–H groups in total. The Morgan fingerprint density at radius 1 is 1.41 bits per heavy atom. The van der Waals surface area contributed by atoms with Crippen molar-refractivity contribution in [3.05, 3.63) is 54.4 Å². The first kappa shape index (κ1) is 14.1. The second kappa shape index (κ2) is 5.85. The van der Waals surface area contributed by atoms with Crippen LogP contribution in [0.3, 0.4) is 0 Å². The molecule has 1 unspecified atom stereocenters. The van der Waals surface area contributed by atoms with Crippen LogP contribution in [0.25, 0.3) is 11.1 Å². The topological polar surface area (TPSA) is 75.5 Å². The molecule has 2 aromatic rings. The van der Waals surface area contributed by atoms with E-state index in [0.29, 0.717) is 6.42 Å². The fraction of sp³-hybridized carbons (Fsp3) is 0.188. The molecule has 1 atom stereocenters. The van der Waals surface area contributed by atoms with Crippen molar-refractivity contribution in [2.24, 2.45) is 0 Å². The first-order valence-electron chi connectivity index (χ1n) is 7.06. The number of nitrogens with one attached hydrogen (secondary N) is 2. The number of rotatable bonds is 4. The lowest BCUT2D eigenvalue weighted by atomic mass is 10.1. The van der Waals surface area contributed by atoms with E-state index in [1.165, 1.54) is 0 Å². The Bertz CT molecular complexity index is 788. The normalized spacial score (nSPS) is 19.0. The van der Waals surface area contributed by atoms with E-state index in [2.05, 4.69) is 15.7 Å². The molecule has 1 aliphatic rings. The van der Waals surface area contributed by atoms with Crippen molar-refractivity contribution < 1.29 is 9.59 Å². The molecule has 3 heterocycles. The number of carbonyl (C=O) groups excluding carboxylic acids is 2. The van der Waals surface area contributed by atoms with Gasteiger partial charge in [0.05, 0.1) is 11.7 Å². The number of carbonyl (C=O) groups is 2. The van der Waals surface area contributed by atoms with E-state index in [1.54, 1.807) is 0 Å². The van der Waals surface area contributed by atoms with Gasteiger partial charge in [0, 0.05) is 11.8 Å². The van der Waals surface area contributed by atoms with Gasteiger partial charge in [-0.25, -0.2) is 9.31 Å². The molecule has 1 aliphatic heterocycles. The minimum Gasteiger partial charge on any atom is -0.326 e. The van der Waals surface area contributed by atoms with E-state index in [0.717, 1.165) is 16.7 Å². The molecule has 0 saturated carbocycles. The van der Waals surface area contributed by atoms with Gasteiger partial charge in [-0.3, -0.25) is 10.1 Å². The largest absolute Gasteiger partial charge is 0.326 e. The highest BCUT2D eigenvalue weighted by Crippen LogP contribution is 2.21. The molecule has 0 bridgehead atoms. The molecule has 0 spiro atoms. The third-order valence-corrected chi connectivity index (χ3v) is 3.58. The molecule has 6 nitrogen and oxygen atoms in total. The molecule has 0 aromatic carbocycles. The summed E-state index contributed by atoms with van der Waals surface area (Å²) in [6, 6.07) is 4.97. The number of allylic oxidation sites excluding steroid dienone is 3. The first-order valence-corrected chi connectivity index (χ1v) is 7.06. The lowest BCUT2D eigenvalue weighted by Crippen LogP contribution is -2.27. The third-order valence-electron chi connectivity index (χ3n) is 3.58. The zero-order valence-corrected chi connectivity index (χ0v) is 12.1. The Hall–Kier alpha value is -2.89. The Morgan fingerprint density at radius 2 is 2.27 bits per heavy atom. The lowest BCUT2D eigenvalue weighted by Gasteiger charge is -2.03. The predicted molar refractivity (Wildman–Crippen MR) is 83.1 cm³/mol. The number of pyridine rings is 1. The van der Waals surface area contributed by atoms with Crippen LogP contribution in [0, 0.1) is 0 Å². The van der Waals surface area contributed by atoms with Gasteiger partial charge in [0.1, 0.15) is 6.04 Å². The average molecular weight is 296 g/mol. The van der Waals surface area contributed by atoms with Gasteiger partial charge in [-0.1, -0.05) is 24.3 Å². The van der Waals surface area contributed by atoms with Gasteiger partial charge in [0.25, 0.3) is 5.91 Å². The lowest BCUT2D eigenvalue weighted by molar-refractivity contribution is -0.120. The van der Waals surface area contributed by atoms with Crippen LogP contribution in [0.1, 0.15) is 18.9 Å². The van der Waals surface area contributed by atoms with E-state index in [9.17, 15) is 9.59 Å². The monoisotopic (exact) mass is 296 g/mol. The number of hydrogen-bond donors (Lipinski definition) is 2. The minimum atomic E-state index is -0.495. The van der Waals surface area contributed by atoms with E-state index in [-0.39, 0.29) is 5.91 Å². The van der Waals surface area contributed by atoms with Gasteiger partial charge < -0.3 is 5.32 Å². The SMILES string of the molecule is C/C=C(\C=C/CC1NC(=O)NC1=O)c1cnn2ccccc12. The fourth-order valence-electron chi connectivity index (χ4n) is 2.45. The summed E-state index contributed by atoms with van der Waals surface area (Å²) < 4.78 is 1.82. The highest BCUT2D eigenvalue weighted by molar-refractivity contribution is 6.04. The number of aromatic nitrogens is 2. The van der Waals surface area contributed by atoms with Crippen molar-refractivity contribution in [2.75, 3.05) is 0 Å². The fourth-order valence-corrected chi connectivity index (χ4v) is 2.45. The van der Waals surface area contributed by atoms with Gasteiger partial charge in [0.2, 0.25) is 0 Å². The molecule has 1 saturated heterocycles. The number of imide groups is 1. The van der Waals surface area contributed by atoms with Crippen molar-refractivity contribution in [1.29, 1.82) is 0 Å². The maximum Gasteiger partial charge on any atom is 0.322 e. The molecule has 0 aliphatic carbocycles. The molecule has 3 rings (SSSR count). The van der Waals surface area contributed by atoms with Crippen LogP contribution in [0.2, 0.25) is 0 Å². The summed E-state index contributed by atoms with van der Waals surface area (Å²) in [7, 11) is 0. The maximum atomic E-state index is 11.5. The van der Waals surface area contributed by atoms with Crippen LogP contribution < -0.4 is 10.6 Å². The van der Waals surface area contributed by atoms with E-state index >= 15 is 0 Å². The van der Waals surface area contributed by atoms with Crippen molar-refractivity contribution >= 4 is 23.0 Å². The number of nitrogens with zero attached hydrogens (tertiary/aromatic N) is 2. The summed E-state index contributed by atoms with van der Waals surface area (Å²) in [5, 5.41) is 9.11. The van der Waals surface area contributed by atoms with Crippen molar-refractivity contribution in [3.8, 4) is 0 Å². The predicted octanol–water partition coefficient (Wildman–Crippen LogP) is 1.89. The van der Waals surface area contributed by atoms with Gasteiger partial charge in [-0.05, 0) is 31.1 Å². The molecule has 0 radical (unpaired) electrons. The standard InChI is InChI=1S/C16H16N4O2/c1-2-11(6-5-7-13-15(21)19-16(22)18-13)12-10-17-20-9-4-3-8-14(12)20/h2-6,8-10,13H,7H2,1H3,(H2,18,19,21,22)/b6-5-,11-2+. The van der Waals surface area contributed by atoms with Crippen LogP contribution in [0.15, 0.2) is 48.8 Å². The van der Waals surface area contributed by atoms with Crippen molar-refractivity contribution in [1.82, 2.24) is 20.2 Å². The summed E-state index contributed by atoms with van der Waals surface area (Å²) in [6.07, 6.45) is 9.99. The van der Waals surface area contributed by atoms with Crippen LogP contribution in [0.4, 0.5) is 4.79 Å². The zero-order chi connectivity index (χ0) is 15.5. The van der Waals surface area contributed by atoms with Gasteiger partial charge >= 0.3 is 6.03 Å². The molecule has 1 fully saturated rings. The highest BCUT2D eigenvalue weighted by atomic mass is 16.2.